The van der Waals surface area contributed by atoms with E-state index in [2.05, 4.69) is 0 Å². The first-order valence-electron chi connectivity index (χ1n) is 11.7. The normalized spacial score (nSPS) is 16.8. The highest BCUT2D eigenvalue weighted by molar-refractivity contribution is 6.46. The van der Waals surface area contributed by atoms with Crippen molar-refractivity contribution in [1.82, 2.24) is 4.90 Å². The van der Waals surface area contributed by atoms with Gasteiger partial charge in [0.05, 0.1) is 32.4 Å². The van der Waals surface area contributed by atoms with Crippen molar-refractivity contribution in [2.75, 3.05) is 27.4 Å². The molecule has 4 rings (SSSR count). The van der Waals surface area contributed by atoms with Crippen LogP contribution in [0.1, 0.15) is 29.7 Å². The summed E-state index contributed by atoms with van der Waals surface area (Å²) in [6.07, 6.45) is 0.528. The largest absolute Gasteiger partial charge is 0.507 e. The molecule has 1 saturated heterocycles. The van der Waals surface area contributed by atoms with E-state index in [0.29, 0.717) is 42.2 Å². The van der Waals surface area contributed by atoms with Crippen LogP contribution >= 0.6 is 0 Å². The van der Waals surface area contributed by atoms with E-state index in [9.17, 15) is 14.7 Å². The van der Waals surface area contributed by atoms with Gasteiger partial charge in [-0.1, -0.05) is 24.3 Å². The van der Waals surface area contributed by atoms with Crippen molar-refractivity contribution >= 4 is 17.4 Å². The molecule has 36 heavy (non-hydrogen) atoms. The second-order valence-corrected chi connectivity index (χ2v) is 8.32. The minimum Gasteiger partial charge on any atom is -0.507 e. The molecule has 3 aromatic carbocycles. The number of aliphatic hydroxyl groups is 1. The number of rotatable bonds is 9. The maximum atomic E-state index is 13.3. The van der Waals surface area contributed by atoms with E-state index in [1.807, 2.05) is 37.3 Å². The highest BCUT2D eigenvalue weighted by atomic mass is 16.5. The summed E-state index contributed by atoms with van der Waals surface area (Å²) in [5, 5.41) is 11.2. The topological polar surface area (TPSA) is 85.3 Å². The summed E-state index contributed by atoms with van der Waals surface area (Å²) in [7, 11) is 3.16. The van der Waals surface area contributed by atoms with Crippen molar-refractivity contribution in [2.24, 2.45) is 0 Å². The molecule has 1 unspecified atom stereocenters. The van der Waals surface area contributed by atoms with Crippen molar-refractivity contribution in [2.45, 2.75) is 19.4 Å². The van der Waals surface area contributed by atoms with Gasteiger partial charge in [0.25, 0.3) is 11.7 Å². The SMILES string of the molecule is CCOc1ccc(/C(O)=C2/C(=O)C(=O)N(CCc3ccc(OC)cc3)C2c2cccc(OC)c2)cc1. The van der Waals surface area contributed by atoms with Gasteiger partial charge in [-0.25, -0.2) is 0 Å². The molecule has 186 valence electrons. The zero-order valence-electron chi connectivity index (χ0n) is 20.6. The Balaban J connectivity index is 1.73. The molecule has 0 spiro atoms. The molecule has 0 aliphatic carbocycles. The molecule has 1 heterocycles. The van der Waals surface area contributed by atoms with E-state index in [0.717, 1.165) is 11.3 Å². The molecule has 1 aliphatic rings. The second-order valence-electron chi connectivity index (χ2n) is 8.32. The molecule has 7 nitrogen and oxygen atoms in total. The van der Waals surface area contributed by atoms with Gasteiger partial charge in [0.1, 0.15) is 23.0 Å². The smallest absolute Gasteiger partial charge is 0.295 e. The van der Waals surface area contributed by atoms with Crippen molar-refractivity contribution < 1.29 is 28.9 Å². The van der Waals surface area contributed by atoms with Gasteiger partial charge in [-0.3, -0.25) is 9.59 Å². The summed E-state index contributed by atoms with van der Waals surface area (Å²) in [5.41, 5.74) is 2.15. The molecular formula is C29H29NO6. The van der Waals surface area contributed by atoms with Gasteiger partial charge in [0, 0.05) is 12.1 Å². The third-order valence-corrected chi connectivity index (χ3v) is 6.19. The van der Waals surface area contributed by atoms with Crippen molar-refractivity contribution in [3.63, 3.8) is 0 Å². The van der Waals surface area contributed by atoms with E-state index in [1.165, 1.54) is 4.90 Å². The van der Waals surface area contributed by atoms with Gasteiger partial charge in [0.15, 0.2) is 0 Å². The number of Topliss-reactive ketones (excluding diaryl/α,β-unsaturated/α-hetero) is 1. The molecule has 0 bridgehead atoms. The number of benzene rings is 3. The lowest BCUT2D eigenvalue weighted by Crippen LogP contribution is -2.31. The van der Waals surface area contributed by atoms with Gasteiger partial charge in [-0.05, 0) is 73.0 Å². The van der Waals surface area contributed by atoms with E-state index < -0.39 is 17.7 Å². The summed E-state index contributed by atoms with van der Waals surface area (Å²) in [4.78, 5) is 28.0. The number of carbonyl (C=O) groups is 2. The number of carbonyl (C=O) groups excluding carboxylic acids is 2. The summed E-state index contributed by atoms with van der Waals surface area (Å²) < 4.78 is 16.1. The molecule has 0 aromatic heterocycles. The van der Waals surface area contributed by atoms with Gasteiger partial charge in [0.2, 0.25) is 0 Å². The Morgan fingerprint density at radius 3 is 2.19 bits per heavy atom. The third-order valence-electron chi connectivity index (χ3n) is 6.19. The molecule has 1 aliphatic heterocycles. The van der Waals surface area contributed by atoms with Crippen molar-refractivity contribution in [3.8, 4) is 17.2 Å². The maximum absolute atomic E-state index is 13.3. The molecule has 1 amide bonds. The van der Waals surface area contributed by atoms with Gasteiger partial charge in [-0.15, -0.1) is 0 Å². The average Bonchev–Trinajstić information content (AvgIpc) is 3.17. The zero-order chi connectivity index (χ0) is 25.7. The Morgan fingerprint density at radius 1 is 0.889 bits per heavy atom. The molecule has 0 radical (unpaired) electrons. The summed E-state index contributed by atoms with van der Waals surface area (Å²) in [5.74, 6) is 0.391. The summed E-state index contributed by atoms with van der Waals surface area (Å²) in [6.45, 7) is 2.69. The Bertz CT molecular complexity index is 1260. The molecule has 3 aromatic rings. The van der Waals surface area contributed by atoms with Crippen LogP contribution in [-0.2, 0) is 16.0 Å². The van der Waals surface area contributed by atoms with Crippen LogP contribution in [0.25, 0.3) is 5.76 Å². The van der Waals surface area contributed by atoms with Gasteiger partial charge >= 0.3 is 0 Å². The molecule has 7 heteroatoms. The predicted molar refractivity (Wildman–Crippen MR) is 136 cm³/mol. The Morgan fingerprint density at radius 2 is 1.56 bits per heavy atom. The summed E-state index contributed by atoms with van der Waals surface area (Å²) in [6, 6.07) is 20.8. The average molecular weight is 488 g/mol. The zero-order valence-corrected chi connectivity index (χ0v) is 20.6. The number of likely N-dealkylation sites (tertiary alicyclic amines) is 1. The maximum Gasteiger partial charge on any atom is 0.295 e. The molecule has 1 fully saturated rings. The lowest BCUT2D eigenvalue weighted by Gasteiger charge is -2.25. The molecule has 1 atom stereocenters. The van der Waals surface area contributed by atoms with E-state index >= 15 is 0 Å². The van der Waals surface area contributed by atoms with Gasteiger partial charge < -0.3 is 24.2 Å². The summed E-state index contributed by atoms with van der Waals surface area (Å²) >= 11 is 0. The number of hydrogen-bond donors (Lipinski definition) is 1. The standard InChI is InChI=1S/C29H29NO6/c1-4-36-23-14-10-20(11-15-23)27(31)25-26(21-6-5-7-24(18-21)35-3)30(29(33)28(25)32)17-16-19-8-12-22(34-2)13-9-19/h5-15,18,26,31H,4,16-17H2,1-3H3/b27-25-. The fourth-order valence-electron chi connectivity index (χ4n) is 4.34. The lowest BCUT2D eigenvalue weighted by atomic mass is 9.95. The van der Waals surface area contributed by atoms with Crippen LogP contribution in [0, 0.1) is 0 Å². The number of ketones is 1. The Kier molecular flexibility index (Phi) is 7.59. The van der Waals surface area contributed by atoms with Crippen LogP contribution < -0.4 is 14.2 Å². The Hall–Kier alpha value is -4.26. The number of ether oxygens (including phenoxy) is 3. The first-order valence-corrected chi connectivity index (χ1v) is 11.7. The highest BCUT2D eigenvalue weighted by Gasteiger charge is 2.46. The van der Waals surface area contributed by atoms with Crippen LogP contribution in [0.3, 0.4) is 0 Å². The molecule has 1 N–H and O–H groups in total. The number of methoxy groups -OCH3 is 2. The first-order chi connectivity index (χ1) is 17.5. The first kappa shape index (κ1) is 24.9. The van der Waals surface area contributed by atoms with E-state index in [1.54, 1.807) is 56.7 Å². The minimum atomic E-state index is -0.759. The monoisotopic (exact) mass is 487 g/mol. The quantitative estimate of drug-likeness (QED) is 0.266. The van der Waals surface area contributed by atoms with Crippen molar-refractivity contribution in [3.05, 3.63) is 95.1 Å². The second kappa shape index (κ2) is 11.0. The number of nitrogens with zero attached hydrogens (tertiary/aromatic N) is 1. The van der Waals surface area contributed by atoms with E-state index in [4.69, 9.17) is 14.2 Å². The van der Waals surface area contributed by atoms with Gasteiger partial charge in [-0.2, -0.15) is 0 Å². The number of amides is 1. The van der Waals surface area contributed by atoms with Crippen molar-refractivity contribution in [1.29, 1.82) is 0 Å². The van der Waals surface area contributed by atoms with Crippen LogP contribution in [0.4, 0.5) is 0 Å². The fraction of sp³-hybridized carbons (Fsp3) is 0.241. The van der Waals surface area contributed by atoms with Crippen LogP contribution in [0.15, 0.2) is 78.4 Å². The third kappa shape index (κ3) is 5.05. The minimum absolute atomic E-state index is 0.0483. The predicted octanol–water partition coefficient (Wildman–Crippen LogP) is 4.77. The van der Waals surface area contributed by atoms with Crippen LogP contribution in [0.2, 0.25) is 0 Å². The van der Waals surface area contributed by atoms with Crippen LogP contribution in [0.5, 0.6) is 17.2 Å². The van der Waals surface area contributed by atoms with E-state index in [-0.39, 0.29) is 11.3 Å². The molecular weight excluding hydrogens is 458 g/mol. The Labute approximate surface area is 210 Å². The van der Waals surface area contributed by atoms with Crippen LogP contribution in [-0.4, -0.2) is 49.1 Å². The molecule has 0 saturated carbocycles. The lowest BCUT2D eigenvalue weighted by molar-refractivity contribution is -0.139. The highest BCUT2D eigenvalue weighted by Crippen LogP contribution is 2.40. The number of hydrogen-bond acceptors (Lipinski definition) is 6. The number of aliphatic hydroxyl groups excluding tert-OH is 1. The fourth-order valence-corrected chi connectivity index (χ4v) is 4.34.